The van der Waals surface area contributed by atoms with Gasteiger partial charge in [0.25, 0.3) is 0 Å². The van der Waals surface area contributed by atoms with Crippen molar-refractivity contribution in [3.63, 3.8) is 0 Å². The molecule has 19 heavy (non-hydrogen) atoms. The van der Waals surface area contributed by atoms with Crippen molar-refractivity contribution < 1.29 is 4.74 Å². The molecule has 0 aliphatic carbocycles. The molecular weight excluding hydrogens is 236 g/mol. The third-order valence-corrected chi connectivity index (χ3v) is 3.74. The van der Waals surface area contributed by atoms with Crippen molar-refractivity contribution in [3.05, 3.63) is 29.8 Å². The summed E-state index contributed by atoms with van der Waals surface area (Å²) < 4.78 is 5.46. The van der Waals surface area contributed by atoms with Crippen LogP contribution in [0.15, 0.2) is 24.3 Å². The summed E-state index contributed by atoms with van der Waals surface area (Å²) >= 11 is 0. The van der Waals surface area contributed by atoms with E-state index in [9.17, 15) is 0 Å². The van der Waals surface area contributed by atoms with Gasteiger partial charge in [0.15, 0.2) is 0 Å². The largest absolute Gasteiger partial charge is 0.494 e. The Bertz CT molecular complexity index is 371. The zero-order valence-corrected chi connectivity index (χ0v) is 13.2. The SMILES string of the molecule is CCOc1ccc(C(C)NCC(C)(C)N(C)C)cc1. The molecule has 3 heteroatoms. The van der Waals surface area contributed by atoms with Gasteiger partial charge in [-0.2, -0.15) is 0 Å². The molecule has 0 aliphatic rings. The van der Waals surface area contributed by atoms with Gasteiger partial charge in [-0.05, 0) is 59.5 Å². The monoisotopic (exact) mass is 264 g/mol. The van der Waals surface area contributed by atoms with E-state index in [1.165, 1.54) is 5.56 Å². The van der Waals surface area contributed by atoms with E-state index in [1.807, 2.05) is 19.1 Å². The molecule has 108 valence electrons. The lowest BCUT2D eigenvalue weighted by molar-refractivity contribution is 0.185. The minimum absolute atomic E-state index is 0.152. The summed E-state index contributed by atoms with van der Waals surface area (Å²) in [6.45, 7) is 10.3. The number of benzene rings is 1. The molecule has 1 aromatic carbocycles. The Morgan fingerprint density at radius 1 is 1.21 bits per heavy atom. The summed E-state index contributed by atoms with van der Waals surface area (Å²) in [6, 6.07) is 8.67. The van der Waals surface area contributed by atoms with Gasteiger partial charge in [-0.25, -0.2) is 0 Å². The third kappa shape index (κ3) is 4.84. The molecule has 0 radical (unpaired) electrons. The molecule has 1 atom stereocenters. The average molecular weight is 264 g/mol. The van der Waals surface area contributed by atoms with Crippen molar-refractivity contribution in [1.82, 2.24) is 10.2 Å². The molecular formula is C16H28N2O. The first-order valence-electron chi connectivity index (χ1n) is 7.00. The van der Waals surface area contributed by atoms with Crippen LogP contribution in [0.25, 0.3) is 0 Å². The van der Waals surface area contributed by atoms with Crippen molar-refractivity contribution in [1.29, 1.82) is 0 Å². The van der Waals surface area contributed by atoms with E-state index in [1.54, 1.807) is 0 Å². The smallest absolute Gasteiger partial charge is 0.119 e. The molecule has 0 heterocycles. The molecule has 0 aromatic heterocycles. The molecule has 0 aliphatic heterocycles. The fraction of sp³-hybridized carbons (Fsp3) is 0.625. The van der Waals surface area contributed by atoms with Crippen LogP contribution in [0.3, 0.4) is 0 Å². The normalized spacial score (nSPS) is 13.6. The second kappa shape index (κ2) is 6.92. The number of nitrogens with one attached hydrogen (secondary N) is 1. The maximum Gasteiger partial charge on any atom is 0.119 e. The van der Waals surface area contributed by atoms with E-state index in [4.69, 9.17) is 4.74 Å². The van der Waals surface area contributed by atoms with Crippen LogP contribution in [-0.4, -0.2) is 37.7 Å². The van der Waals surface area contributed by atoms with Gasteiger partial charge in [-0.15, -0.1) is 0 Å². The standard InChI is InChI=1S/C16H28N2O/c1-7-19-15-10-8-14(9-11-15)13(2)17-12-16(3,4)18(5)6/h8-11,13,17H,7,12H2,1-6H3. The summed E-state index contributed by atoms with van der Waals surface area (Å²) in [7, 11) is 4.23. The molecule has 0 fully saturated rings. The highest BCUT2D eigenvalue weighted by molar-refractivity contribution is 5.28. The quantitative estimate of drug-likeness (QED) is 0.819. The van der Waals surface area contributed by atoms with Crippen molar-refractivity contribution in [2.75, 3.05) is 27.2 Å². The van der Waals surface area contributed by atoms with Crippen LogP contribution in [0.1, 0.15) is 39.3 Å². The summed E-state index contributed by atoms with van der Waals surface area (Å²) in [5.74, 6) is 0.937. The number of rotatable bonds is 7. The summed E-state index contributed by atoms with van der Waals surface area (Å²) in [6.07, 6.45) is 0. The van der Waals surface area contributed by atoms with Crippen LogP contribution in [0.4, 0.5) is 0 Å². The maximum absolute atomic E-state index is 5.46. The first-order chi connectivity index (χ1) is 8.86. The summed E-state index contributed by atoms with van der Waals surface area (Å²) in [5, 5.41) is 3.59. The predicted molar refractivity (Wildman–Crippen MR) is 81.8 cm³/mol. The van der Waals surface area contributed by atoms with Crippen molar-refractivity contribution in [2.45, 2.75) is 39.3 Å². The number of likely N-dealkylation sites (N-methyl/N-ethyl adjacent to an activating group) is 1. The molecule has 3 nitrogen and oxygen atoms in total. The average Bonchev–Trinajstić information content (AvgIpc) is 2.37. The topological polar surface area (TPSA) is 24.5 Å². The second-order valence-electron chi connectivity index (χ2n) is 5.81. The third-order valence-electron chi connectivity index (χ3n) is 3.74. The Kier molecular flexibility index (Phi) is 5.83. The minimum Gasteiger partial charge on any atom is -0.494 e. The van der Waals surface area contributed by atoms with Crippen LogP contribution in [-0.2, 0) is 0 Å². The Labute approximate surface area is 118 Å². The minimum atomic E-state index is 0.152. The number of ether oxygens (including phenoxy) is 1. The van der Waals surface area contributed by atoms with Crippen LogP contribution in [0.5, 0.6) is 5.75 Å². The molecule has 1 N–H and O–H groups in total. The fourth-order valence-electron chi connectivity index (χ4n) is 1.70. The first kappa shape index (κ1) is 16.0. The maximum atomic E-state index is 5.46. The molecule has 0 spiro atoms. The van der Waals surface area contributed by atoms with Gasteiger partial charge >= 0.3 is 0 Å². The first-order valence-corrected chi connectivity index (χ1v) is 7.00. The zero-order valence-electron chi connectivity index (χ0n) is 13.2. The van der Waals surface area contributed by atoms with E-state index in [-0.39, 0.29) is 5.54 Å². The van der Waals surface area contributed by atoms with Crippen LogP contribution in [0.2, 0.25) is 0 Å². The van der Waals surface area contributed by atoms with Gasteiger partial charge < -0.3 is 15.0 Å². The highest BCUT2D eigenvalue weighted by Gasteiger charge is 2.20. The number of nitrogens with zero attached hydrogens (tertiary/aromatic N) is 1. The van der Waals surface area contributed by atoms with Crippen molar-refractivity contribution in [2.24, 2.45) is 0 Å². The van der Waals surface area contributed by atoms with E-state index in [0.717, 1.165) is 12.3 Å². The van der Waals surface area contributed by atoms with Crippen LogP contribution in [0, 0.1) is 0 Å². The molecule has 0 amide bonds. The molecule has 0 saturated carbocycles. The highest BCUT2D eigenvalue weighted by Crippen LogP contribution is 2.18. The van der Waals surface area contributed by atoms with Gasteiger partial charge in [0, 0.05) is 18.1 Å². The lowest BCUT2D eigenvalue weighted by Gasteiger charge is -2.34. The molecule has 1 unspecified atom stereocenters. The highest BCUT2D eigenvalue weighted by atomic mass is 16.5. The second-order valence-corrected chi connectivity index (χ2v) is 5.81. The molecule has 0 bridgehead atoms. The van der Waals surface area contributed by atoms with E-state index < -0.39 is 0 Å². The van der Waals surface area contributed by atoms with Crippen molar-refractivity contribution >= 4 is 0 Å². The Balaban J connectivity index is 2.56. The van der Waals surface area contributed by atoms with Gasteiger partial charge in [-0.3, -0.25) is 0 Å². The molecule has 1 aromatic rings. The fourth-order valence-corrected chi connectivity index (χ4v) is 1.70. The van der Waals surface area contributed by atoms with E-state index >= 15 is 0 Å². The summed E-state index contributed by atoms with van der Waals surface area (Å²) in [4.78, 5) is 2.24. The number of hydrogen-bond donors (Lipinski definition) is 1. The van der Waals surface area contributed by atoms with Gasteiger partial charge in [0.05, 0.1) is 6.61 Å². The zero-order chi connectivity index (χ0) is 14.5. The van der Waals surface area contributed by atoms with Gasteiger partial charge in [-0.1, -0.05) is 12.1 Å². The lowest BCUT2D eigenvalue weighted by Crippen LogP contribution is -2.47. The molecule has 0 saturated heterocycles. The van der Waals surface area contributed by atoms with Crippen LogP contribution >= 0.6 is 0 Å². The Morgan fingerprint density at radius 2 is 1.79 bits per heavy atom. The number of hydrogen-bond acceptors (Lipinski definition) is 3. The van der Waals surface area contributed by atoms with E-state index in [2.05, 4.69) is 57.2 Å². The van der Waals surface area contributed by atoms with Gasteiger partial charge in [0.2, 0.25) is 0 Å². The van der Waals surface area contributed by atoms with E-state index in [0.29, 0.717) is 12.6 Å². The van der Waals surface area contributed by atoms with Gasteiger partial charge in [0.1, 0.15) is 5.75 Å². The summed E-state index contributed by atoms with van der Waals surface area (Å²) in [5.41, 5.74) is 1.44. The Morgan fingerprint density at radius 3 is 2.26 bits per heavy atom. The van der Waals surface area contributed by atoms with Crippen LogP contribution < -0.4 is 10.1 Å². The lowest BCUT2D eigenvalue weighted by atomic mass is 10.0. The predicted octanol–water partition coefficient (Wildman–Crippen LogP) is 3.08. The Hall–Kier alpha value is -1.06. The molecule has 1 rings (SSSR count). The van der Waals surface area contributed by atoms with Crippen molar-refractivity contribution in [3.8, 4) is 5.75 Å².